The van der Waals surface area contributed by atoms with Crippen LogP contribution in [0.1, 0.15) is 25.7 Å². The van der Waals surface area contributed by atoms with Gasteiger partial charge in [0.25, 0.3) is 0 Å². The fourth-order valence-corrected chi connectivity index (χ4v) is 2.12. The maximum absolute atomic E-state index is 11.4. The first-order chi connectivity index (χ1) is 6.93. The molecule has 15 heavy (non-hydrogen) atoms. The summed E-state index contributed by atoms with van der Waals surface area (Å²) in [5, 5.41) is 10.1. The van der Waals surface area contributed by atoms with E-state index >= 15 is 0 Å². The Morgan fingerprint density at radius 3 is 2.27 bits per heavy atom. The van der Waals surface area contributed by atoms with Crippen molar-refractivity contribution in [2.45, 2.75) is 31.3 Å². The molecule has 4 heteroatoms. The Kier molecular flexibility index (Phi) is 4.11. The Labute approximate surface area is 91.9 Å². The summed E-state index contributed by atoms with van der Waals surface area (Å²) < 4.78 is 0. The minimum atomic E-state index is -0.554. The second-order valence-electron chi connectivity index (χ2n) is 4.89. The van der Waals surface area contributed by atoms with Crippen LogP contribution in [0.3, 0.4) is 0 Å². The fourth-order valence-electron chi connectivity index (χ4n) is 2.12. The zero-order chi connectivity index (χ0) is 11.5. The molecule has 88 valence electrons. The molecule has 1 saturated carbocycles. The first-order valence-electron chi connectivity index (χ1n) is 5.54. The number of hydrogen-bond donors (Lipinski definition) is 1. The minimum absolute atomic E-state index is 0.0825. The maximum Gasteiger partial charge on any atom is 0.236 e. The Bertz CT molecular complexity index is 223. The van der Waals surface area contributed by atoms with Crippen molar-refractivity contribution in [2.24, 2.45) is 0 Å². The molecule has 0 atom stereocenters. The average Bonchev–Trinajstić information content (AvgIpc) is 2.50. The fraction of sp³-hybridized carbons (Fsp3) is 0.909. The van der Waals surface area contributed by atoms with Crippen molar-refractivity contribution < 1.29 is 9.90 Å². The molecule has 1 amide bonds. The third-order valence-corrected chi connectivity index (χ3v) is 3.00. The predicted molar refractivity (Wildman–Crippen MR) is 59.6 cm³/mol. The van der Waals surface area contributed by atoms with E-state index in [-0.39, 0.29) is 5.91 Å². The second kappa shape index (κ2) is 4.94. The Morgan fingerprint density at radius 1 is 1.27 bits per heavy atom. The maximum atomic E-state index is 11.4. The SMILES string of the molecule is CN(CC(=O)N(C)C)CC1(O)CCCC1. The van der Waals surface area contributed by atoms with E-state index in [9.17, 15) is 9.90 Å². The summed E-state index contributed by atoms with van der Waals surface area (Å²) in [7, 11) is 5.39. The van der Waals surface area contributed by atoms with Gasteiger partial charge in [0.15, 0.2) is 0 Å². The van der Waals surface area contributed by atoms with Crippen LogP contribution in [0.25, 0.3) is 0 Å². The summed E-state index contributed by atoms with van der Waals surface area (Å²) in [6, 6.07) is 0. The topological polar surface area (TPSA) is 43.8 Å². The molecular formula is C11H22N2O2. The van der Waals surface area contributed by atoms with Gasteiger partial charge in [-0.25, -0.2) is 0 Å². The number of nitrogens with zero attached hydrogens (tertiary/aromatic N) is 2. The number of amides is 1. The van der Waals surface area contributed by atoms with Crippen LogP contribution >= 0.6 is 0 Å². The molecule has 1 fully saturated rings. The van der Waals surface area contributed by atoms with Crippen LogP contribution in [0, 0.1) is 0 Å². The highest BCUT2D eigenvalue weighted by molar-refractivity contribution is 5.77. The van der Waals surface area contributed by atoms with E-state index in [1.165, 1.54) is 0 Å². The van der Waals surface area contributed by atoms with Gasteiger partial charge in [0.1, 0.15) is 0 Å². The molecule has 0 aromatic carbocycles. The summed E-state index contributed by atoms with van der Waals surface area (Å²) in [5.41, 5.74) is -0.554. The van der Waals surface area contributed by atoms with Gasteiger partial charge in [-0.2, -0.15) is 0 Å². The minimum Gasteiger partial charge on any atom is -0.389 e. The monoisotopic (exact) mass is 214 g/mol. The highest BCUT2D eigenvalue weighted by Crippen LogP contribution is 2.29. The van der Waals surface area contributed by atoms with Gasteiger partial charge < -0.3 is 10.0 Å². The van der Waals surface area contributed by atoms with E-state index in [0.717, 1.165) is 25.7 Å². The molecule has 1 rings (SSSR count). The molecule has 1 aliphatic carbocycles. The molecule has 0 aliphatic heterocycles. The normalized spacial score (nSPS) is 19.5. The molecular weight excluding hydrogens is 192 g/mol. The van der Waals surface area contributed by atoms with Crippen LogP contribution in [0.5, 0.6) is 0 Å². The van der Waals surface area contributed by atoms with Crippen LogP contribution in [0.4, 0.5) is 0 Å². The van der Waals surface area contributed by atoms with Crippen LogP contribution in [0.2, 0.25) is 0 Å². The molecule has 0 aromatic rings. The molecule has 0 aromatic heterocycles. The summed E-state index contributed by atoms with van der Waals surface area (Å²) in [4.78, 5) is 14.9. The molecule has 1 N–H and O–H groups in total. The zero-order valence-electron chi connectivity index (χ0n) is 9.99. The van der Waals surface area contributed by atoms with Gasteiger partial charge >= 0.3 is 0 Å². The smallest absolute Gasteiger partial charge is 0.236 e. The number of rotatable bonds is 4. The van der Waals surface area contributed by atoms with Gasteiger partial charge in [0, 0.05) is 20.6 Å². The van der Waals surface area contributed by atoms with Gasteiger partial charge in [-0.15, -0.1) is 0 Å². The number of aliphatic hydroxyl groups is 1. The van der Waals surface area contributed by atoms with Crippen molar-refractivity contribution >= 4 is 5.91 Å². The molecule has 0 radical (unpaired) electrons. The quantitative estimate of drug-likeness (QED) is 0.732. The van der Waals surface area contributed by atoms with E-state index in [4.69, 9.17) is 0 Å². The Balaban J connectivity index is 2.35. The first-order valence-corrected chi connectivity index (χ1v) is 5.54. The van der Waals surface area contributed by atoms with Gasteiger partial charge in [-0.1, -0.05) is 12.8 Å². The lowest BCUT2D eigenvalue weighted by Crippen LogP contribution is -2.43. The number of carbonyl (C=O) groups excluding carboxylic acids is 1. The summed E-state index contributed by atoms with van der Waals surface area (Å²) in [5.74, 6) is 0.0825. The highest BCUT2D eigenvalue weighted by Gasteiger charge is 2.32. The van der Waals surface area contributed by atoms with E-state index in [2.05, 4.69) is 0 Å². The summed E-state index contributed by atoms with van der Waals surface area (Å²) in [6.07, 6.45) is 3.94. The lowest BCUT2D eigenvalue weighted by Gasteiger charge is -2.28. The van der Waals surface area contributed by atoms with Gasteiger partial charge in [0.05, 0.1) is 12.1 Å². The van der Waals surface area contributed by atoms with Crippen molar-refractivity contribution in [2.75, 3.05) is 34.2 Å². The van der Waals surface area contributed by atoms with E-state index in [1.54, 1.807) is 19.0 Å². The summed E-state index contributed by atoms with van der Waals surface area (Å²) >= 11 is 0. The van der Waals surface area contributed by atoms with E-state index < -0.39 is 5.60 Å². The summed E-state index contributed by atoms with van der Waals surface area (Å²) in [6.45, 7) is 0.988. The van der Waals surface area contributed by atoms with E-state index in [0.29, 0.717) is 13.1 Å². The molecule has 1 aliphatic rings. The molecule has 4 nitrogen and oxygen atoms in total. The van der Waals surface area contributed by atoms with Gasteiger partial charge in [-0.3, -0.25) is 9.69 Å². The standard InChI is InChI=1S/C11H22N2O2/c1-12(2)10(14)8-13(3)9-11(15)6-4-5-7-11/h15H,4-9H2,1-3H3. The second-order valence-corrected chi connectivity index (χ2v) is 4.89. The number of likely N-dealkylation sites (N-methyl/N-ethyl adjacent to an activating group) is 2. The van der Waals surface area contributed by atoms with Crippen molar-refractivity contribution in [1.82, 2.24) is 9.80 Å². The number of carbonyl (C=O) groups is 1. The molecule has 0 bridgehead atoms. The van der Waals surface area contributed by atoms with Crippen molar-refractivity contribution in [3.63, 3.8) is 0 Å². The van der Waals surface area contributed by atoms with Crippen molar-refractivity contribution in [3.05, 3.63) is 0 Å². The molecule has 0 saturated heterocycles. The molecule has 0 heterocycles. The third-order valence-electron chi connectivity index (χ3n) is 3.00. The largest absolute Gasteiger partial charge is 0.389 e. The average molecular weight is 214 g/mol. The van der Waals surface area contributed by atoms with Crippen LogP contribution < -0.4 is 0 Å². The van der Waals surface area contributed by atoms with Crippen molar-refractivity contribution in [1.29, 1.82) is 0 Å². The first kappa shape index (κ1) is 12.5. The molecule has 0 unspecified atom stereocenters. The lowest BCUT2D eigenvalue weighted by molar-refractivity contribution is -0.130. The Hall–Kier alpha value is -0.610. The van der Waals surface area contributed by atoms with Crippen molar-refractivity contribution in [3.8, 4) is 0 Å². The van der Waals surface area contributed by atoms with Crippen LogP contribution in [-0.2, 0) is 4.79 Å². The van der Waals surface area contributed by atoms with E-state index in [1.807, 2.05) is 11.9 Å². The highest BCUT2D eigenvalue weighted by atomic mass is 16.3. The molecule has 0 spiro atoms. The van der Waals surface area contributed by atoms with Crippen LogP contribution in [-0.4, -0.2) is 60.6 Å². The third kappa shape index (κ3) is 3.80. The number of hydrogen-bond acceptors (Lipinski definition) is 3. The zero-order valence-corrected chi connectivity index (χ0v) is 9.99. The Morgan fingerprint density at radius 2 is 1.80 bits per heavy atom. The van der Waals surface area contributed by atoms with Gasteiger partial charge in [-0.05, 0) is 19.9 Å². The lowest BCUT2D eigenvalue weighted by atomic mass is 10.0. The van der Waals surface area contributed by atoms with Gasteiger partial charge in [0.2, 0.25) is 5.91 Å². The van der Waals surface area contributed by atoms with Crippen LogP contribution in [0.15, 0.2) is 0 Å². The predicted octanol–water partition coefficient (Wildman–Crippen LogP) is 0.311.